The van der Waals surface area contributed by atoms with Gasteiger partial charge in [-0.05, 0) is 17.7 Å². The van der Waals surface area contributed by atoms with Crippen LogP contribution in [0.25, 0.3) is 0 Å². The van der Waals surface area contributed by atoms with Crippen molar-refractivity contribution in [2.75, 3.05) is 0 Å². The molecule has 0 saturated heterocycles. The maximum absolute atomic E-state index is 8.91. The molecule has 2 aromatic rings. The summed E-state index contributed by atoms with van der Waals surface area (Å²) in [6.45, 7) is 0.242. The first-order valence-corrected chi connectivity index (χ1v) is 5.45. The molecule has 88 valence electrons. The van der Waals surface area contributed by atoms with Crippen molar-refractivity contribution in [3.8, 4) is 5.88 Å². The topological polar surface area (TPSA) is 55.2 Å². The van der Waals surface area contributed by atoms with Gasteiger partial charge in [-0.15, -0.1) is 0 Å². The molecule has 17 heavy (non-hydrogen) atoms. The highest BCUT2D eigenvalue weighted by atomic mass is 35.5. The van der Waals surface area contributed by atoms with Gasteiger partial charge in [0, 0.05) is 5.02 Å². The highest BCUT2D eigenvalue weighted by Crippen LogP contribution is 2.12. The molecule has 2 rings (SSSR count). The fraction of sp³-hybridized carbons (Fsp3) is 0.167. The van der Waals surface area contributed by atoms with Crippen LogP contribution < -0.4 is 4.74 Å². The van der Waals surface area contributed by atoms with Crippen LogP contribution in [0.4, 0.5) is 0 Å². The second-order valence-electron chi connectivity index (χ2n) is 3.42. The van der Waals surface area contributed by atoms with Gasteiger partial charge >= 0.3 is 0 Å². The maximum Gasteiger partial charge on any atom is 0.232 e. The van der Waals surface area contributed by atoms with Crippen LogP contribution in [0.5, 0.6) is 5.88 Å². The lowest BCUT2D eigenvalue weighted by Gasteiger charge is -2.05. The Bertz CT molecular complexity index is 488. The van der Waals surface area contributed by atoms with Crippen LogP contribution in [0.1, 0.15) is 11.3 Å². The molecule has 0 amide bonds. The monoisotopic (exact) mass is 250 g/mol. The van der Waals surface area contributed by atoms with Crippen LogP contribution >= 0.6 is 11.6 Å². The third-order valence-electron chi connectivity index (χ3n) is 2.12. The van der Waals surface area contributed by atoms with Crippen LogP contribution in [0.2, 0.25) is 5.02 Å². The van der Waals surface area contributed by atoms with Crippen molar-refractivity contribution in [1.82, 2.24) is 9.97 Å². The second kappa shape index (κ2) is 5.61. The Morgan fingerprint density at radius 3 is 2.65 bits per heavy atom. The largest absolute Gasteiger partial charge is 0.472 e. The zero-order chi connectivity index (χ0) is 12.1. The number of hydrogen-bond donors (Lipinski definition) is 1. The molecule has 0 saturated carbocycles. The quantitative estimate of drug-likeness (QED) is 0.904. The zero-order valence-electron chi connectivity index (χ0n) is 9.01. The van der Waals surface area contributed by atoms with Gasteiger partial charge in [0.05, 0.1) is 24.7 Å². The maximum atomic E-state index is 8.91. The van der Waals surface area contributed by atoms with E-state index in [0.29, 0.717) is 23.2 Å². The molecule has 0 aliphatic heterocycles. The predicted molar refractivity (Wildman–Crippen MR) is 63.7 cm³/mol. The van der Waals surface area contributed by atoms with Crippen molar-refractivity contribution >= 4 is 11.6 Å². The van der Waals surface area contributed by atoms with Crippen LogP contribution in [-0.2, 0) is 13.2 Å². The van der Waals surface area contributed by atoms with E-state index in [1.54, 1.807) is 12.1 Å². The smallest absolute Gasteiger partial charge is 0.232 e. The van der Waals surface area contributed by atoms with Gasteiger partial charge in [-0.2, -0.15) is 0 Å². The fourth-order valence-electron chi connectivity index (χ4n) is 1.27. The number of benzene rings is 1. The molecule has 1 aromatic carbocycles. The summed E-state index contributed by atoms with van der Waals surface area (Å²) in [4.78, 5) is 7.98. The molecule has 5 heteroatoms. The molecule has 0 bridgehead atoms. The molecule has 1 N–H and O–H groups in total. The van der Waals surface area contributed by atoms with Crippen LogP contribution in [0.3, 0.4) is 0 Å². The molecule has 0 spiro atoms. The van der Waals surface area contributed by atoms with E-state index >= 15 is 0 Å². The van der Waals surface area contributed by atoms with E-state index in [-0.39, 0.29) is 6.61 Å². The summed E-state index contributed by atoms with van der Waals surface area (Å²) < 4.78 is 5.45. The lowest BCUT2D eigenvalue weighted by atomic mass is 10.2. The van der Waals surface area contributed by atoms with Crippen LogP contribution in [0.15, 0.2) is 36.7 Å². The van der Waals surface area contributed by atoms with Gasteiger partial charge in [0.2, 0.25) is 5.88 Å². The summed E-state index contributed by atoms with van der Waals surface area (Å²) >= 11 is 5.78. The molecule has 0 unspecified atom stereocenters. The Morgan fingerprint density at radius 2 is 1.94 bits per heavy atom. The highest BCUT2D eigenvalue weighted by molar-refractivity contribution is 6.30. The van der Waals surface area contributed by atoms with Gasteiger partial charge in [0.1, 0.15) is 6.61 Å². The Labute approximate surface area is 104 Å². The van der Waals surface area contributed by atoms with Crippen LogP contribution in [-0.4, -0.2) is 15.1 Å². The molecule has 4 nitrogen and oxygen atoms in total. The van der Waals surface area contributed by atoms with Crippen molar-refractivity contribution < 1.29 is 9.84 Å². The molecule has 1 heterocycles. The standard InChI is InChI=1S/C12H11ClN2O2/c13-10-3-1-9(2-4-10)8-17-12-6-14-5-11(7-16)15-12/h1-6,16H,7-8H2. The van der Waals surface area contributed by atoms with Gasteiger partial charge in [-0.3, -0.25) is 4.98 Å². The Morgan fingerprint density at radius 1 is 1.18 bits per heavy atom. The Kier molecular flexibility index (Phi) is 3.90. The average Bonchev–Trinajstić information content (AvgIpc) is 2.38. The molecule has 0 aliphatic rings. The third-order valence-corrected chi connectivity index (χ3v) is 2.38. The minimum atomic E-state index is -0.148. The first-order valence-electron chi connectivity index (χ1n) is 5.07. The van der Waals surface area contributed by atoms with Crippen molar-refractivity contribution in [1.29, 1.82) is 0 Å². The van der Waals surface area contributed by atoms with Gasteiger partial charge in [-0.1, -0.05) is 23.7 Å². The van der Waals surface area contributed by atoms with Crippen molar-refractivity contribution in [2.45, 2.75) is 13.2 Å². The Balaban J connectivity index is 1.99. The van der Waals surface area contributed by atoms with E-state index in [9.17, 15) is 0 Å². The normalized spacial score (nSPS) is 10.2. The van der Waals surface area contributed by atoms with E-state index in [1.165, 1.54) is 12.4 Å². The van der Waals surface area contributed by atoms with Gasteiger partial charge in [0.15, 0.2) is 0 Å². The lowest BCUT2D eigenvalue weighted by molar-refractivity contribution is 0.264. The molecule has 0 atom stereocenters. The highest BCUT2D eigenvalue weighted by Gasteiger charge is 2.00. The van der Waals surface area contributed by atoms with Crippen molar-refractivity contribution in [3.63, 3.8) is 0 Å². The van der Waals surface area contributed by atoms with Gasteiger partial charge in [0.25, 0.3) is 0 Å². The predicted octanol–water partition coefficient (Wildman–Crippen LogP) is 2.20. The first-order chi connectivity index (χ1) is 8.28. The van der Waals surface area contributed by atoms with E-state index in [0.717, 1.165) is 5.56 Å². The molecule has 0 aliphatic carbocycles. The third kappa shape index (κ3) is 3.41. The van der Waals surface area contributed by atoms with E-state index in [4.69, 9.17) is 21.4 Å². The number of ether oxygens (including phenoxy) is 1. The number of hydrogen-bond acceptors (Lipinski definition) is 4. The van der Waals surface area contributed by atoms with E-state index in [2.05, 4.69) is 9.97 Å². The van der Waals surface area contributed by atoms with Gasteiger partial charge in [-0.25, -0.2) is 4.98 Å². The lowest BCUT2D eigenvalue weighted by Crippen LogP contribution is -2.00. The van der Waals surface area contributed by atoms with Crippen molar-refractivity contribution in [3.05, 3.63) is 52.9 Å². The number of rotatable bonds is 4. The number of nitrogens with zero attached hydrogens (tertiary/aromatic N) is 2. The summed E-state index contributed by atoms with van der Waals surface area (Å²) in [7, 11) is 0. The molecular formula is C12H11ClN2O2. The SMILES string of the molecule is OCc1cncc(OCc2ccc(Cl)cc2)n1. The number of aromatic nitrogens is 2. The number of aliphatic hydroxyl groups excluding tert-OH is 1. The average molecular weight is 251 g/mol. The van der Waals surface area contributed by atoms with Crippen molar-refractivity contribution in [2.24, 2.45) is 0 Å². The minimum Gasteiger partial charge on any atom is -0.472 e. The molecule has 1 aromatic heterocycles. The molecule has 0 fully saturated rings. The minimum absolute atomic E-state index is 0.148. The van der Waals surface area contributed by atoms with E-state index in [1.807, 2.05) is 12.1 Å². The molecular weight excluding hydrogens is 240 g/mol. The summed E-state index contributed by atoms with van der Waals surface area (Å²) in [5.41, 5.74) is 1.48. The molecule has 0 radical (unpaired) electrons. The summed E-state index contributed by atoms with van der Waals surface area (Å²) in [5.74, 6) is 0.395. The summed E-state index contributed by atoms with van der Waals surface area (Å²) in [6.07, 6.45) is 3.00. The summed E-state index contributed by atoms with van der Waals surface area (Å²) in [6, 6.07) is 7.36. The zero-order valence-corrected chi connectivity index (χ0v) is 9.76. The first kappa shape index (κ1) is 11.8. The van der Waals surface area contributed by atoms with E-state index < -0.39 is 0 Å². The van der Waals surface area contributed by atoms with Gasteiger partial charge < -0.3 is 9.84 Å². The summed E-state index contributed by atoms with van der Waals surface area (Å²) in [5, 5.41) is 9.60. The number of halogens is 1. The Hall–Kier alpha value is -1.65. The number of aliphatic hydroxyl groups is 1. The van der Waals surface area contributed by atoms with Crippen LogP contribution in [0, 0.1) is 0 Å². The second-order valence-corrected chi connectivity index (χ2v) is 3.86. The fourth-order valence-corrected chi connectivity index (χ4v) is 1.40.